The molecule has 0 saturated heterocycles. The lowest BCUT2D eigenvalue weighted by Crippen LogP contribution is -2.35. The molecule has 2 nitrogen and oxygen atoms in total. The van der Waals surface area contributed by atoms with E-state index in [0.717, 1.165) is 27.9 Å². The first-order valence-corrected chi connectivity index (χ1v) is 7.68. The van der Waals surface area contributed by atoms with Gasteiger partial charge in [0, 0.05) is 11.3 Å². The van der Waals surface area contributed by atoms with E-state index in [2.05, 4.69) is 28.1 Å². The number of nitrogens with zero attached hydrogens (tertiary/aromatic N) is 1. The van der Waals surface area contributed by atoms with Crippen LogP contribution in [0.5, 0.6) is 5.75 Å². The summed E-state index contributed by atoms with van der Waals surface area (Å²) in [7, 11) is 0. The highest BCUT2D eigenvalue weighted by Crippen LogP contribution is 2.38. The number of thiophene rings is 1. The predicted molar refractivity (Wildman–Crippen MR) is 79.4 cm³/mol. The zero-order valence-corrected chi connectivity index (χ0v) is 12.6. The highest BCUT2D eigenvalue weighted by Gasteiger charge is 2.36. The average Bonchev–Trinajstić information content (AvgIpc) is 2.84. The molecule has 0 fully saturated rings. The van der Waals surface area contributed by atoms with Gasteiger partial charge in [0.05, 0.1) is 9.86 Å². The molecule has 4 heteroatoms. The van der Waals surface area contributed by atoms with E-state index < -0.39 is 5.41 Å². The molecule has 0 bridgehead atoms. The van der Waals surface area contributed by atoms with Crippen LogP contribution in [0, 0.1) is 16.7 Å². The molecule has 1 aromatic carbocycles. The molecular formula is C15H12BrNOS. The van der Waals surface area contributed by atoms with Gasteiger partial charge in [-0.3, -0.25) is 0 Å². The summed E-state index contributed by atoms with van der Waals surface area (Å²) in [5.74, 6) is 0.917. The number of fused-ring (bicyclic) bond motifs is 1. The second-order valence-corrected chi connectivity index (χ2v) is 7.40. The fraction of sp³-hybridized carbons (Fsp3) is 0.267. The third-order valence-electron chi connectivity index (χ3n) is 3.38. The SMILES string of the molecule is N#CC1(Cc2ccc(Br)s2)COc2ccccc2C1. The van der Waals surface area contributed by atoms with E-state index in [0.29, 0.717) is 6.61 Å². The zero-order chi connectivity index (χ0) is 13.3. The molecule has 0 saturated carbocycles. The van der Waals surface area contributed by atoms with E-state index in [1.54, 1.807) is 11.3 Å². The van der Waals surface area contributed by atoms with Gasteiger partial charge in [-0.05, 0) is 46.1 Å². The molecule has 1 aliphatic rings. The lowest BCUT2D eigenvalue weighted by Gasteiger charge is -2.32. The maximum atomic E-state index is 9.60. The van der Waals surface area contributed by atoms with Crippen molar-refractivity contribution in [3.05, 3.63) is 50.6 Å². The van der Waals surface area contributed by atoms with Gasteiger partial charge in [-0.15, -0.1) is 11.3 Å². The Morgan fingerprint density at radius 1 is 1.32 bits per heavy atom. The number of nitriles is 1. The molecule has 0 spiro atoms. The van der Waals surface area contributed by atoms with Gasteiger partial charge >= 0.3 is 0 Å². The Morgan fingerprint density at radius 2 is 2.16 bits per heavy atom. The van der Waals surface area contributed by atoms with Crippen LogP contribution >= 0.6 is 27.3 Å². The van der Waals surface area contributed by atoms with E-state index in [9.17, 15) is 5.26 Å². The van der Waals surface area contributed by atoms with Crippen LogP contribution in [0.25, 0.3) is 0 Å². The Bertz CT molecular complexity index is 646. The van der Waals surface area contributed by atoms with Crippen molar-refractivity contribution in [1.29, 1.82) is 5.26 Å². The van der Waals surface area contributed by atoms with Crippen LogP contribution in [0.2, 0.25) is 0 Å². The summed E-state index contributed by atoms with van der Waals surface area (Å²) in [4.78, 5) is 1.22. The number of hydrogen-bond acceptors (Lipinski definition) is 3. The van der Waals surface area contributed by atoms with Gasteiger partial charge in [-0.1, -0.05) is 18.2 Å². The van der Waals surface area contributed by atoms with Gasteiger partial charge in [-0.25, -0.2) is 0 Å². The molecule has 2 heterocycles. The largest absolute Gasteiger partial charge is 0.492 e. The minimum absolute atomic E-state index is 0.446. The van der Waals surface area contributed by atoms with Crippen molar-refractivity contribution in [3.63, 3.8) is 0 Å². The third-order valence-corrected chi connectivity index (χ3v) is 5.01. The van der Waals surface area contributed by atoms with Crippen molar-refractivity contribution in [2.24, 2.45) is 5.41 Å². The van der Waals surface area contributed by atoms with Gasteiger partial charge < -0.3 is 4.74 Å². The lowest BCUT2D eigenvalue weighted by atomic mass is 9.78. The van der Waals surface area contributed by atoms with Gasteiger partial charge in [0.25, 0.3) is 0 Å². The third kappa shape index (κ3) is 2.54. The highest BCUT2D eigenvalue weighted by molar-refractivity contribution is 9.11. The van der Waals surface area contributed by atoms with Crippen LogP contribution in [-0.4, -0.2) is 6.61 Å². The van der Waals surface area contributed by atoms with Gasteiger partial charge in [0.15, 0.2) is 0 Å². The minimum atomic E-state index is -0.446. The first-order chi connectivity index (χ1) is 9.21. The molecule has 1 unspecified atom stereocenters. The predicted octanol–water partition coefficient (Wildman–Crippen LogP) is 4.20. The summed E-state index contributed by atoms with van der Waals surface area (Å²) in [5.41, 5.74) is 0.685. The number of ether oxygens (including phenoxy) is 1. The fourth-order valence-electron chi connectivity index (χ4n) is 2.43. The summed E-state index contributed by atoms with van der Waals surface area (Å²) in [5, 5.41) is 9.60. The first-order valence-electron chi connectivity index (χ1n) is 6.07. The normalized spacial score (nSPS) is 21.3. The first kappa shape index (κ1) is 12.7. The molecule has 3 rings (SSSR count). The summed E-state index contributed by atoms with van der Waals surface area (Å²) in [6.45, 7) is 0.468. The van der Waals surface area contributed by atoms with Crippen LogP contribution in [0.1, 0.15) is 10.4 Å². The molecule has 0 radical (unpaired) electrons. The number of halogens is 1. The molecule has 1 aliphatic heterocycles. The smallest absolute Gasteiger partial charge is 0.122 e. The summed E-state index contributed by atoms with van der Waals surface area (Å²) in [6, 6.07) is 14.6. The summed E-state index contributed by atoms with van der Waals surface area (Å²) >= 11 is 5.15. The monoisotopic (exact) mass is 333 g/mol. The number of benzene rings is 1. The van der Waals surface area contributed by atoms with Gasteiger partial charge in [0.2, 0.25) is 0 Å². The lowest BCUT2D eigenvalue weighted by molar-refractivity contribution is 0.170. The highest BCUT2D eigenvalue weighted by atomic mass is 79.9. The second kappa shape index (κ2) is 4.99. The van der Waals surface area contributed by atoms with Crippen molar-refractivity contribution in [2.75, 3.05) is 6.61 Å². The van der Waals surface area contributed by atoms with Crippen LogP contribution in [-0.2, 0) is 12.8 Å². The molecule has 0 aliphatic carbocycles. The van der Waals surface area contributed by atoms with Crippen molar-refractivity contribution < 1.29 is 4.74 Å². The Labute approximate surface area is 124 Å². The van der Waals surface area contributed by atoms with Crippen molar-refractivity contribution in [2.45, 2.75) is 12.8 Å². The molecule has 96 valence electrons. The number of hydrogen-bond donors (Lipinski definition) is 0. The Kier molecular flexibility index (Phi) is 3.34. The second-order valence-electron chi connectivity index (χ2n) is 4.85. The van der Waals surface area contributed by atoms with E-state index in [1.807, 2.05) is 30.3 Å². The summed E-state index contributed by atoms with van der Waals surface area (Å²) in [6.07, 6.45) is 1.50. The van der Waals surface area contributed by atoms with E-state index in [4.69, 9.17) is 4.74 Å². The van der Waals surface area contributed by atoms with Crippen LogP contribution in [0.3, 0.4) is 0 Å². The maximum absolute atomic E-state index is 9.60. The van der Waals surface area contributed by atoms with Gasteiger partial charge in [0.1, 0.15) is 17.8 Å². The van der Waals surface area contributed by atoms with Crippen molar-refractivity contribution in [1.82, 2.24) is 0 Å². The topological polar surface area (TPSA) is 33.0 Å². The number of para-hydroxylation sites is 1. The van der Waals surface area contributed by atoms with Crippen molar-refractivity contribution in [3.8, 4) is 11.8 Å². The quantitative estimate of drug-likeness (QED) is 0.825. The standard InChI is InChI=1S/C15H12BrNOS/c16-14-6-5-12(19-14)8-15(9-17)7-11-3-1-2-4-13(11)18-10-15/h1-6H,7-8,10H2. The van der Waals surface area contributed by atoms with Gasteiger partial charge in [-0.2, -0.15) is 5.26 Å². The minimum Gasteiger partial charge on any atom is -0.492 e. The molecule has 1 atom stereocenters. The summed E-state index contributed by atoms with van der Waals surface area (Å²) < 4.78 is 6.88. The van der Waals surface area contributed by atoms with Crippen molar-refractivity contribution >= 4 is 27.3 Å². The zero-order valence-electron chi connectivity index (χ0n) is 10.2. The Morgan fingerprint density at radius 3 is 2.89 bits per heavy atom. The van der Waals surface area contributed by atoms with Crippen LogP contribution in [0.15, 0.2) is 40.2 Å². The fourth-order valence-corrected chi connectivity index (χ4v) is 4.05. The molecule has 1 aromatic heterocycles. The molecular weight excluding hydrogens is 322 g/mol. The van der Waals surface area contributed by atoms with Crippen LogP contribution in [0.4, 0.5) is 0 Å². The van der Waals surface area contributed by atoms with Crippen LogP contribution < -0.4 is 4.74 Å². The number of rotatable bonds is 2. The molecule has 0 N–H and O–H groups in total. The molecule has 0 amide bonds. The Balaban J connectivity index is 1.88. The molecule has 2 aromatic rings. The van der Waals surface area contributed by atoms with E-state index in [-0.39, 0.29) is 0 Å². The molecule has 19 heavy (non-hydrogen) atoms. The van der Waals surface area contributed by atoms with E-state index in [1.165, 1.54) is 4.88 Å². The maximum Gasteiger partial charge on any atom is 0.122 e. The van der Waals surface area contributed by atoms with E-state index >= 15 is 0 Å². The Hall–Kier alpha value is -1.31. The average molecular weight is 334 g/mol.